The third-order valence-corrected chi connectivity index (χ3v) is 3.20. The van der Waals surface area contributed by atoms with Crippen molar-refractivity contribution in [3.63, 3.8) is 0 Å². The minimum Gasteiger partial charge on any atom is -0.207 e. The highest BCUT2D eigenvalue weighted by atomic mass is 79.9. The quantitative estimate of drug-likeness (QED) is 0.688. The molecule has 0 radical (unpaired) electrons. The molecule has 1 aromatic carbocycles. The van der Waals surface area contributed by atoms with E-state index < -0.39 is 0 Å². The van der Waals surface area contributed by atoms with Crippen LogP contribution in [0.4, 0.5) is 4.39 Å². The van der Waals surface area contributed by atoms with Gasteiger partial charge in [-0.25, -0.2) is 4.39 Å². The van der Waals surface area contributed by atoms with Gasteiger partial charge in [0.25, 0.3) is 0 Å². The van der Waals surface area contributed by atoms with Gasteiger partial charge >= 0.3 is 0 Å². The lowest BCUT2D eigenvalue weighted by atomic mass is 9.89. The van der Waals surface area contributed by atoms with Gasteiger partial charge in [0.05, 0.1) is 0 Å². The van der Waals surface area contributed by atoms with Crippen LogP contribution in [0.15, 0.2) is 22.7 Å². The number of hydrogen-bond acceptors (Lipinski definition) is 0. The first kappa shape index (κ1) is 13.3. The van der Waals surface area contributed by atoms with Crippen molar-refractivity contribution in [2.24, 2.45) is 5.92 Å². The minimum absolute atomic E-state index is 0.108. The summed E-state index contributed by atoms with van der Waals surface area (Å²) in [6, 6.07) is 5.05. The average molecular weight is 283 g/mol. The molecular formula is C14H16BrF. The molecule has 2 unspecified atom stereocenters. The topological polar surface area (TPSA) is 0 Å². The smallest absolute Gasteiger partial charge is 0.126 e. The lowest BCUT2D eigenvalue weighted by molar-refractivity contribution is 0.545. The maximum Gasteiger partial charge on any atom is 0.126 e. The number of rotatable bonds is 2. The van der Waals surface area contributed by atoms with E-state index in [0.29, 0.717) is 0 Å². The largest absolute Gasteiger partial charge is 0.207 e. The van der Waals surface area contributed by atoms with Crippen molar-refractivity contribution in [3.05, 3.63) is 34.1 Å². The van der Waals surface area contributed by atoms with Crippen molar-refractivity contribution < 1.29 is 4.39 Å². The summed E-state index contributed by atoms with van der Waals surface area (Å²) in [5, 5.41) is 0. The molecule has 0 N–H and O–H groups in total. The molecule has 0 fully saturated rings. The Kier molecular flexibility index (Phi) is 5.02. The normalized spacial score (nSPS) is 13.8. The van der Waals surface area contributed by atoms with Crippen LogP contribution in [0, 0.1) is 23.6 Å². The van der Waals surface area contributed by atoms with Crippen molar-refractivity contribution in [1.82, 2.24) is 0 Å². The Bertz CT molecular complexity index is 414. The van der Waals surface area contributed by atoms with Crippen molar-refractivity contribution in [3.8, 4) is 11.8 Å². The van der Waals surface area contributed by atoms with E-state index in [1.807, 2.05) is 26.8 Å². The Morgan fingerprint density at radius 3 is 2.69 bits per heavy atom. The van der Waals surface area contributed by atoms with Gasteiger partial charge in [-0.15, -0.1) is 5.92 Å². The van der Waals surface area contributed by atoms with Crippen LogP contribution in [0.3, 0.4) is 0 Å². The second-order valence-electron chi connectivity index (χ2n) is 3.92. The van der Waals surface area contributed by atoms with Gasteiger partial charge in [-0.05, 0) is 29.7 Å². The third-order valence-electron chi connectivity index (χ3n) is 2.71. The molecule has 0 bridgehead atoms. The minimum atomic E-state index is -0.152. The molecular weight excluding hydrogens is 267 g/mol. The molecule has 0 spiro atoms. The summed E-state index contributed by atoms with van der Waals surface area (Å²) in [6.45, 7) is 6.07. The fraction of sp³-hybridized carbons (Fsp3) is 0.429. The first-order chi connectivity index (χ1) is 7.56. The molecule has 1 rings (SSSR count). The predicted molar refractivity (Wildman–Crippen MR) is 69.7 cm³/mol. The van der Waals surface area contributed by atoms with Crippen LogP contribution < -0.4 is 0 Å². The van der Waals surface area contributed by atoms with Crippen molar-refractivity contribution in [2.75, 3.05) is 0 Å². The predicted octanol–water partition coefficient (Wildman–Crippen LogP) is 4.74. The number of benzene rings is 1. The molecule has 2 atom stereocenters. The summed E-state index contributed by atoms with van der Waals surface area (Å²) in [6.07, 6.45) is 0.845. The Hall–Kier alpha value is -0.810. The van der Waals surface area contributed by atoms with Crippen LogP contribution in [-0.4, -0.2) is 0 Å². The van der Waals surface area contributed by atoms with E-state index in [1.165, 1.54) is 6.07 Å². The Balaban J connectivity index is 2.95. The molecule has 0 amide bonds. The Morgan fingerprint density at radius 2 is 2.06 bits per heavy atom. The summed E-state index contributed by atoms with van der Waals surface area (Å²) in [5.74, 6) is 6.32. The van der Waals surface area contributed by atoms with Gasteiger partial charge in [-0.2, -0.15) is 0 Å². The van der Waals surface area contributed by atoms with E-state index in [9.17, 15) is 4.39 Å². The first-order valence-electron chi connectivity index (χ1n) is 5.49. The van der Waals surface area contributed by atoms with Gasteiger partial charge in [0.1, 0.15) is 5.82 Å². The molecule has 0 saturated heterocycles. The third kappa shape index (κ3) is 3.35. The molecule has 0 aliphatic carbocycles. The number of halogens is 2. The summed E-state index contributed by atoms with van der Waals surface area (Å²) >= 11 is 3.36. The zero-order valence-electron chi connectivity index (χ0n) is 9.85. The number of hydrogen-bond donors (Lipinski definition) is 0. The van der Waals surface area contributed by atoms with E-state index in [1.54, 1.807) is 6.07 Å². The van der Waals surface area contributed by atoms with Gasteiger partial charge in [-0.3, -0.25) is 0 Å². The Morgan fingerprint density at radius 1 is 1.38 bits per heavy atom. The zero-order chi connectivity index (χ0) is 12.1. The lowest BCUT2D eigenvalue weighted by Crippen LogP contribution is -2.06. The van der Waals surface area contributed by atoms with E-state index in [-0.39, 0.29) is 17.7 Å². The average Bonchev–Trinajstić information content (AvgIpc) is 2.28. The van der Waals surface area contributed by atoms with Crippen LogP contribution in [0.1, 0.15) is 38.7 Å². The van der Waals surface area contributed by atoms with Crippen LogP contribution in [0.2, 0.25) is 0 Å². The summed E-state index contributed by atoms with van der Waals surface area (Å²) in [5.41, 5.74) is 0.729. The van der Waals surface area contributed by atoms with Crippen molar-refractivity contribution in [2.45, 2.75) is 33.1 Å². The lowest BCUT2D eigenvalue weighted by Gasteiger charge is -2.16. The summed E-state index contributed by atoms with van der Waals surface area (Å²) in [4.78, 5) is 0. The SMILES string of the molecule is CCC#CC(C)C(C)c1cc(Br)ccc1F. The molecule has 0 aromatic heterocycles. The highest BCUT2D eigenvalue weighted by Crippen LogP contribution is 2.28. The molecule has 0 aliphatic heterocycles. The molecule has 2 heteroatoms. The fourth-order valence-corrected chi connectivity index (χ4v) is 1.90. The highest BCUT2D eigenvalue weighted by molar-refractivity contribution is 9.10. The summed E-state index contributed by atoms with van der Waals surface area (Å²) < 4.78 is 14.5. The molecule has 0 heterocycles. The van der Waals surface area contributed by atoms with E-state index in [4.69, 9.17) is 0 Å². The second kappa shape index (κ2) is 6.06. The second-order valence-corrected chi connectivity index (χ2v) is 4.83. The zero-order valence-corrected chi connectivity index (χ0v) is 11.4. The van der Waals surface area contributed by atoms with Gasteiger partial charge in [0, 0.05) is 16.8 Å². The van der Waals surface area contributed by atoms with Crippen LogP contribution >= 0.6 is 15.9 Å². The van der Waals surface area contributed by atoms with Crippen LogP contribution in [0.5, 0.6) is 0 Å². The standard InChI is InChI=1S/C14H16BrF/c1-4-5-6-10(2)11(3)13-9-12(15)7-8-14(13)16/h7-11H,4H2,1-3H3. The van der Waals surface area contributed by atoms with Crippen molar-refractivity contribution >= 4 is 15.9 Å². The van der Waals surface area contributed by atoms with Crippen LogP contribution in [0.25, 0.3) is 0 Å². The van der Waals surface area contributed by atoms with Gasteiger partial charge in [0.15, 0.2) is 0 Å². The van der Waals surface area contributed by atoms with E-state index in [2.05, 4.69) is 27.8 Å². The maximum atomic E-state index is 13.6. The van der Waals surface area contributed by atoms with Crippen molar-refractivity contribution in [1.29, 1.82) is 0 Å². The van der Waals surface area contributed by atoms with Gasteiger partial charge in [0.2, 0.25) is 0 Å². The fourth-order valence-electron chi connectivity index (χ4n) is 1.52. The monoisotopic (exact) mass is 282 g/mol. The van der Waals surface area contributed by atoms with E-state index >= 15 is 0 Å². The molecule has 0 nitrogen and oxygen atoms in total. The summed E-state index contributed by atoms with van der Waals surface area (Å²) in [7, 11) is 0. The molecule has 0 aliphatic rings. The molecule has 86 valence electrons. The highest BCUT2D eigenvalue weighted by Gasteiger charge is 2.16. The first-order valence-corrected chi connectivity index (χ1v) is 6.29. The van der Waals surface area contributed by atoms with E-state index in [0.717, 1.165) is 16.5 Å². The molecule has 0 saturated carbocycles. The maximum absolute atomic E-state index is 13.6. The Labute approximate surface area is 105 Å². The molecule has 1 aromatic rings. The van der Waals surface area contributed by atoms with Gasteiger partial charge in [-0.1, -0.05) is 42.6 Å². The molecule has 16 heavy (non-hydrogen) atoms. The van der Waals surface area contributed by atoms with Crippen LogP contribution in [-0.2, 0) is 0 Å². The van der Waals surface area contributed by atoms with Gasteiger partial charge < -0.3 is 0 Å².